The highest BCUT2D eigenvalue weighted by Gasteiger charge is 2.10. The van der Waals surface area contributed by atoms with E-state index in [0.717, 1.165) is 5.66 Å². The third-order valence-corrected chi connectivity index (χ3v) is 4.87. The molecule has 0 amide bonds. The van der Waals surface area contributed by atoms with Gasteiger partial charge < -0.3 is 0 Å². The average Bonchev–Trinajstić information content (AvgIpc) is 2.08. The molecule has 1 saturated carbocycles. The summed E-state index contributed by atoms with van der Waals surface area (Å²) in [7, 11) is 1.28. The van der Waals surface area contributed by atoms with Crippen LogP contribution in [0.5, 0.6) is 0 Å². The molecule has 1 atom stereocenters. The highest BCUT2D eigenvalue weighted by molar-refractivity contribution is 7.38. The van der Waals surface area contributed by atoms with Crippen LogP contribution in [0.3, 0.4) is 0 Å². The molecule has 0 nitrogen and oxygen atoms in total. The molecule has 1 fully saturated rings. The summed E-state index contributed by atoms with van der Waals surface area (Å²) in [5, 5.41) is 0. The Morgan fingerprint density at radius 1 is 1.00 bits per heavy atom. The molecule has 0 radical (unpaired) electrons. The van der Waals surface area contributed by atoms with Gasteiger partial charge in [-0.05, 0) is 31.1 Å². The van der Waals surface area contributed by atoms with Gasteiger partial charge in [-0.2, -0.15) is 0 Å². The summed E-state index contributed by atoms with van der Waals surface area (Å²) in [6, 6.07) is 0. The fourth-order valence-corrected chi connectivity index (χ4v) is 3.93. The van der Waals surface area contributed by atoms with Crippen molar-refractivity contribution in [3.63, 3.8) is 0 Å². The lowest BCUT2D eigenvalue weighted by molar-refractivity contribution is 0.511. The topological polar surface area (TPSA) is 0 Å². The second-order valence-electron chi connectivity index (χ2n) is 4.35. The molecular weight excluding hydrogens is 175 g/mol. The molecule has 0 heterocycles. The van der Waals surface area contributed by atoms with Crippen LogP contribution in [0.2, 0.25) is 0 Å². The first kappa shape index (κ1) is 11.5. The van der Waals surface area contributed by atoms with E-state index in [1.807, 2.05) is 0 Å². The maximum absolute atomic E-state index is 2.31. The molecule has 13 heavy (non-hydrogen) atoms. The van der Waals surface area contributed by atoms with Gasteiger partial charge in [0.1, 0.15) is 0 Å². The maximum atomic E-state index is 2.31. The summed E-state index contributed by atoms with van der Waals surface area (Å²) in [4.78, 5) is 0. The molecule has 0 aromatic carbocycles. The standard InChI is InChI=1S/C12H25P/c1-2-3-11-13-12-9-7-5-4-6-8-10-12/h12-13H,2-11H2,1H3. The van der Waals surface area contributed by atoms with Gasteiger partial charge in [-0.1, -0.05) is 45.4 Å². The van der Waals surface area contributed by atoms with E-state index in [1.165, 1.54) is 59.7 Å². The van der Waals surface area contributed by atoms with Crippen LogP contribution in [0.4, 0.5) is 0 Å². The van der Waals surface area contributed by atoms with E-state index in [-0.39, 0.29) is 0 Å². The van der Waals surface area contributed by atoms with Crippen molar-refractivity contribution in [2.45, 2.75) is 70.4 Å². The van der Waals surface area contributed by atoms with Crippen LogP contribution in [0.1, 0.15) is 64.7 Å². The zero-order chi connectivity index (χ0) is 9.36. The first-order chi connectivity index (χ1) is 6.43. The molecule has 78 valence electrons. The average molecular weight is 200 g/mol. The lowest BCUT2D eigenvalue weighted by Crippen LogP contribution is -2.04. The highest BCUT2D eigenvalue weighted by Crippen LogP contribution is 2.31. The minimum absolute atomic E-state index is 1.12. The minimum atomic E-state index is 1.12. The normalized spacial score (nSPS) is 21.9. The summed E-state index contributed by atoms with van der Waals surface area (Å²) in [5.41, 5.74) is 1.12. The van der Waals surface area contributed by atoms with Crippen molar-refractivity contribution in [2.24, 2.45) is 0 Å². The maximum Gasteiger partial charge on any atom is -0.0237 e. The zero-order valence-electron chi connectivity index (χ0n) is 9.15. The highest BCUT2D eigenvalue weighted by atomic mass is 31.1. The summed E-state index contributed by atoms with van der Waals surface area (Å²) < 4.78 is 0. The zero-order valence-corrected chi connectivity index (χ0v) is 10.1. The summed E-state index contributed by atoms with van der Waals surface area (Å²) in [6.07, 6.45) is 15.0. The van der Waals surface area contributed by atoms with Crippen molar-refractivity contribution >= 4 is 8.58 Å². The summed E-state index contributed by atoms with van der Waals surface area (Å²) in [6.45, 7) is 2.31. The lowest BCUT2D eigenvalue weighted by atomic mass is 10.0. The second kappa shape index (κ2) is 7.80. The monoisotopic (exact) mass is 200 g/mol. The molecule has 0 aromatic rings. The van der Waals surface area contributed by atoms with Crippen LogP contribution in [0.25, 0.3) is 0 Å². The van der Waals surface area contributed by atoms with Crippen molar-refractivity contribution < 1.29 is 0 Å². The molecule has 1 unspecified atom stereocenters. The van der Waals surface area contributed by atoms with Gasteiger partial charge in [-0.3, -0.25) is 0 Å². The van der Waals surface area contributed by atoms with Crippen molar-refractivity contribution in [3.05, 3.63) is 0 Å². The largest absolute Gasteiger partial charge is 0.119 e. The molecule has 1 aliphatic rings. The van der Waals surface area contributed by atoms with E-state index in [9.17, 15) is 0 Å². The Kier molecular flexibility index (Phi) is 6.90. The van der Waals surface area contributed by atoms with Gasteiger partial charge in [-0.15, -0.1) is 8.58 Å². The Labute approximate surface area is 85.7 Å². The molecule has 0 saturated heterocycles. The van der Waals surface area contributed by atoms with Gasteiger partial charge in [0.05, 0.1) is 0 Å². The molecule has 0 aromatic heterocycles. The molecular formula is C12H25P. The van der Waals surface area contributed by atoms with Crippen molar-refractivity contribution in [2.75, 3.05) is 6.16 Å². The van der Waals surface area contributed by atoms with E-state index >= 15 is 0 Å². The van der Waals surface area contributed by atoms with Gasteiger partial charge >= 0.3 is 0 Å². The first-order valence-corrected chi connectivity index (χ1v) is 7.45. The Morgan fingerprint density at radius 3 is 2.23 bits per heavy atom. The molecule has 0 N–H and O–H groups in total. The van der Waals surface area contributed by atoms with E-state index in [1.54, 1.807) is 12.8 Å². The number of hydrogen-bond acceptors (Lipinski definition) is 0. The van der Waals surface area contributed by atoms with Crippen LogP contribution in [-0.4, -0.2) is 11.8 Å². The van der Waals surface area contributed by atoms with Crippen molar-refractivity contribution in [1.29, 1.82) is 0 Å². The van der Waals surface area contributed by atoms with Crippen LogP contribution in [0, 0.1) is 0 Å². The first-order valence-electron chi connectivity index (χ1n) is 6.17. The summed E-state index contributed by atoms with van der Waals surface area (Å²) in [5.74, 6) is 0. The molecule has 1 heteroatoms. The SMILES string of the molecule is CCCCPC1CCCCCCC1. The molecule has 0 spiro atoms. The summed E-state index contributed by atoms with van der Waals surface area (Å²) >= 11 is 0. The molecule has 1 aliphatic carbocycles. The smallest absolute Gasteiger partial charge is 0.0237 e. The Balaban J connectivity index is 2.06. The fraction of sp³-hybridized carbons (Fsp3) is 1.00. The van der Waals surface area contributed by atoms with Crippen molar-refractivity contribution in [1.82, 2.24) is 0 Å². The molecule has 0 aliphatic heterocycles. The third-order valence-electron chi connectivity index (χ3n) is 3.07. The van der Waals surface area contributed by atoms with Crippen LogP contribution >= 0.6 is 8.58 Å². The van der Waals surface area contributed by atoms with Gasteiger partial charge in [0.15, 0.2) is 0 Å². The molecule has 1 rings (SSSR count). The predicted octanol–water partition coefficient (Wildman–Crippen LogP) is 4.58. The van der Waals surface area contributed by atoms with E-state index in [2.05, 4.69) is 6.92 Å². The third kappa shape index (κ3) is 5.68. The fourth-order valence-electron chi connectivity index (χ4n) is 2.14. The lowest BCUT2D eigenvalue weighted by Gasteiger charge is -2.19. The minimum Gasteiger partial charge on any atom is -0.119 e. The number of rotatable bonds is 4. The van der Waals surface area contributed by atoms with Crippen LogP contribution in [0.15, 0.2) is 0 Å². The van der Waals surface area contributed by atoms with Gasteiger partial charge in [0.2, 0.25) is 0 Å². The van der Waals surface area contributed by atoms with E-state index < -0.39 is 0 Å². The van der Waals surface area contributed by atoms with Crippen molar-refractivity contribution in [3.8, 4) is 0 Å². The van der Waals surface area contributed by atoms with E-state index in [0.29, 0.717) is 0 Å². The van der Waals surface area contributed by atoms with Crippen LogP contribution in [-0.2, 0) is 0 Å². The Hall–Kier alpha value is 0.430. The quantitative estimate of drug-likeness (QED) is 0.460. The molecule has 0 bridgehead atoms. The van der Waals surface area contributed by atoms with Gasteiger partial charge in [-0.25, -0.2) is 0 Å². The van der Waals surface area contributed by atoms with Crippen LogP contribution < -0.4 is 0 Å². The van der Waals surface area contributed by atoms with Gasteiger partial charge in [0.25, 0.3) is 0 Å². The van der Waals surface area contributed by atoms with E-state index in [4.69, 9.17) is 0 Å². The predicted molar refractivity (Wildman–Crippen MR) is 64.2 cm³/mol. The number of unbranched alkanes of at least 4 members (excludes halogenated alkanes) is 1. The number of hydrogen-bond donors (Lipinski definition) is 0. The second-order valence-corrected chi connectivity index (χ2v) is 6.07. The Bertz CT molecular complexity index is 104. The Morgan fingerprint density at radius 2 is 1.62 bits per heavy atom. The van der Waals surface area contributed by atoms with Gasteiger partial charge in [0, 0.05) is 0 Å².